The van der Waals surface area contributed by atoms with Crippen LogP contribution in [0.2, 0.25) is 0 Å². The van der Waals surface area contributed by atoms with Gasteiger partial charge in [0.05, 0.1) is 6.61 Å². The van der Waals surface area contributed by atoms with E-state index >= 15 is 0 Å². The summed E-state index contributed by atoms with van der Waals surface area (Å²) in [7, 11) is 0. The van der Waals surface area contributed by atoms with Gasteiger partial charge in [0, 0.05) is 24.6 Å². The maximum Gasteiger partial charge on any atom is 0.330 e. The van der Waals surface area contributed by atoms with E-state index in [1.54, 1.807) is 6.92 Å². The van der Waals surface area contributed by atoms with Crippen molar-refractivity contribution in [2.45, 2.75) is 82.2 Å². The lowest BCUT2D eigenvalue weighted by atomic mass is 9.92. The van der Waals surface area contributed by atoms with Crippen LogP contribution in [-0.4, -0.2) is 44.9 Å². The summed E-state index contributed by atoms with van der Waals surface area (Å²) in [4.78, 5) is 26.4. The average Bonchev–Trinajstić information content (AvgIpc) is 3.13. The Morgan fingerprint density at radius 2 is 1.96 bits per heavy atom. The molecule has 1 aromatic rings. The van der Waals surface area contributed by atoms with E-state index in [4.69, 9.17) is 14.2 Å². The van der Waals surface area contributed by atoms with Crippen LogP contribution in [0.4, 0.5) is 0 Å². The monoisotopic (exact) mass is 366 g/mol. The summed E-state index contributed by atoms with van der Waals surface area (Å²) >= 11 is 0. The molecule has 2 aliphatic heterocycles. The highest BCUT2D eigenvalue weighted by molar-refractivity contribution is 5.09. The van der Waals surface area contributed by atoms with E-state index in [9.17, 15) is 14.7 Å². The van der Waals surface area contributed by atoms with Gasteiger partial charge in [-0.15, -0.1) is 0 Å². The Morgan fingerprint density at radius 1 is 1.23 bits per heavy atom. The second kappa shape index (κ2) is 6.30. The molecule has 8 heteroatoms. The maximum atomic E-state index is 12.4. The van der Waals surface area contributed by atoms with Crippen LogP contribution in [-0.2, 0) is 14.2 Å². The molecular formula is C18H26N2O6. The summed E-state index contributed by atoms with van der Waals surface area (Å²) in [5, 5.41) is 10.1. The zero-order chi connectivity index (χ0) is 18.5. The summed E-state index contributed by atoms with van der Waals surface area (Å²) in [5.41, 5.74) is -1.49. The molecule has 26 heavy (non-hydrogen) atoms. The summed E-state index contributed by atoms with van der Waals surface area (Å²) in [6.07, 6.45) is 5.11. The minimum Gasteiger partial charge on any atom is -0.393 e. The molecule has 0 radical (unpaired) electrons. The van der Waals surface area contributed by atoms with Crippen molar-refractivity contribution in [2.75, 3.05) is 6.61 Å². The van der Waals surface area contributed by atoms with Crippen LogP contribution >= 0.6 is 0 Å². The van der Waals surface area contributed by atoms with Gasteiger partial charge in [-0.3, -0.25) is 14.3 Å². The van der Waals surface area contributed by atoms with Crippen LogP contribution < -0.4 is 11.2 Å². The van der Waals surface area contributed by atoms with E-state index in [2.05, 4.69) is 4.98 Å². The molecule has 8 nitrogen and oxygen atoms in total. The van der Waals surface area contributed by atoms with E-state index in [0.29, 0.717) is 12.0 Å². The molecule has 0 bridgehead atoms. The Kier molecular flexibility index (Phi) is 4.34. The highest BCUT2D eigenvalue weighted by Gasteiger charge is 2.64. The van der Waals surface area contributed by atoms with Crippen LogP contribution in [0.3, 0.4) is 0 Å². The highest BCUT2D eigenvalue weighted by atomic mass is 16.8. The number of fused-ring (bicyclic) bond motifs is 1. The maximum absolute atomic E-state index is 12.4. The third-order valence-electron chi connectivity index (χ3n) is 6.05. The third-order valence-corrected chi connectivity index (χ3v) is 6.05. The van der Waals surface area contributed by atoms with Crippen molar-refractivity contribution in [1.82, 2.24) is 9.55 Å². The first kappa shape index (κ1) is 17.9. The molecule has 144 valence electrons. The second-order valence-corrected chi connectivity index (χ2v) is 7.66. The number of nitrogens with zero attached hydrogens (tertiary/aromatic N) is 1. The van der Waals surface area contributed by atoms with Gasteiger partial charge in [-0.25, -0.2) is 4.79 Å². The van der Waals surface area contributed by atoms with Crippen molar-refractivity contribution < 1.29 is 19.3 Å². The molecule has 3 aliphatic rings. The topological polar surface area (TPSA) is 103 Å². The Hall–Kier alpha value is -1.48. The first-order chi connectivity index (χ1) is 12.4. The Morgan fingerprint density at radius 3 is 2.62 bits per heavy atom. The second-order valence-electron chi connectivity index (χ2n) is 7.66. The van der Waals surface area contributed by atoms with E-state index in [1.165, 1.54) is 10.8 Å². The largest absolute Gasteiger partial charge is 0.393 e. The first-order valence-electron chi connectivity index (χ1n) is 9.40. The predicted molar refractivity (Wildman–Crippen MR) is 91.9 cm³/mol. The van der Waals surface area contributed by atoms with Crippen LogP contribution in [0.15, 0.2) is 15.8 Å². The van der Waals surface area contributed by atoms with Crippen LogP contribution in [0.25, 0.3) is 0 Å². The van der Waals surface area contributed by atoms with Crippen LogP contribution in [0.5, 0.6) is 0 Å². The first-order valence-corrected chi connectivity index (χ1v) is 9.40. The molecule has 0 aromatic carbocycles. The highest BCUT2D eigenvalue weighted by Crippen LogP contribution is 2.52. The fourth-order valence-corrected chi connectivity index (χ4v) is 4.47. The SMILES string of the molecule is CC[C@]1(CO)O[C@@H](n2cc(C)c(=O)[nH]c2=O)[C@H]2OC3(CCCCC3)OC21. The van der Waals surface area contributed by atoms with Gasteiger partial charge >= 0.3 is 5.69 Å². The molecule has 1 aliphatic carbocycles. The summed E-state index contributed by atoms with van der Waals surface area (Å²) in [6, 6.07) is 0. The van der Waals surface area contributed by atoms with E-state index < -0.39 is 41.1 Å². The number of ether oxygens (including phenoxy) is 3. The lowest BCUT2D eigenvalue weighted by Gasteiger charge is -2.37. The number of aromatic amines is 1. The van der Waals surface area contributed by atoms with E-state index in [-0.39, 0.29) is 6.61 Å². The Bertz CT molecular complexity index is 790. The third kappa shape index (κ3) is 2.58. The number of rotatable bonds is 3. The molecule has 2 saturated heterocycles. The number of hydrogen-bond donors (Lipinski definition) is 2. The molecule has 2 N–H and O–H groups in total. The van der Waals surface area contributed by atoms with Crippen molar-refractivity contribution in [1.29, 1.82) is 0 Å². The fourth-order valence-electron chi connectivity index (χ4n) is 4.47. The van der Waals surface area contributed by atoms with Crippen molar-refractivity contribution in [3.05, 3.63) is 32.6 Å². The van der Waals surface area contributed by atoms with Gasteiger partial charge in [0.25, 0.3) is 5.56 Å². The van der Waals surface area contributed by atoms with Gasteiger partial charge in [-0.1, -0.05) is 13.3 Å². The lowest BCUT2D eigenvalue weighted by molar-refractivity contribution is -0.253. The zero-order valence-electron chi connectivity index (χ0n) is 15.2. The van der Waals surface area contributed by atoms with Crippen LogP contribution in [0.1, 0.15) is 57.2 Å². The van der Waals surface area contributed by atoms with Gasteiger partial charge in [-0.2, -0.15) is 0 Å². The van der Waals surface area contributed by atoms with E-state index in [1.807, 2.05) is 6.92 Å². The molecule has 1 aromatic heterocycles. The number of nitrogens with one attached hydrogen (secondary N) is 1. The molecule has 1 saturated carbocycles. The molecule has 4 atom stereocenters. The molecule has 3 fully saturated rings. The molecule has 3 heterocycles. The molecule has 1 unspecified atom stereocenters. The van der Waals surface area contributed by atoms with E-state index in [0.717, 1.165) is 32.1 Å². The molecule has 0 amide bonds. The Labute approximate surface area is 151 Å². The zero-order valence-corrected chi connectivity index (χ0v) is 15.2. The number of aliphatic hydroxyl groups excluding tert-OH is 1. The Balaban J connectivity index is 1.76. The molecule has 1 spiro atoms. The van der Waals surface area contributed by atoms with Gasteiger partial charge in [0.2, 0.25) is 0 Å². The van der Waals surface area contributed by atoms with Gasteiger partial charge in [0.1, 0.15) is 17.8 Å². The lowest BCUT2D eigenvalue weighted by Crippen LogP contribution is -2.47. The van der Waals surface area contributed by atoms with Crippen molar-refractivity contribution >= 4 is 0 Å². The fraction of sp³-hybridized carbons (Fsp3) is 0.778. The minimum atomic E-state index is -0.931. The number of hydrogen-bond acceptors (Lipinski definition) is 6. The van der Waals surface area contributed by atoms with Crippen molar-refractivity contribution in [2.24, 2.45) is 0 Å². The van der Waals surface area contributed by atoms with Gasteiger partial charge < -0.3 is 19.3 Å². The molecule has 4 rings (SSSR count). The standard InChI is InChI=1S/C18H26N2O6/c1-3-17(10-21)13-12(24-18(25-13)7-5-4-6-8-18)15(26-17)20-9-11(2)14(22)19-16(20)23/h9,12-13,15,21H,3-8,10H2,1-2H3,(H,19,22,23)/t12-,13?,15+,17+/m0/s1. The van der Waals surface area contributed by atoms with Crippen molar-refractivity contribution in [3.63, 3.8) is 0 Å². The average molecular weight is 366 g/mol. The summed E-state index contributed by atoms with van der Waals surface area (Å²) in [6.45, 7) is 3.33. The quantitative estimate of drug-likeness (QED) is 0.826. The van der Waals surface area contributed by atoms with Crippen molar-refractivity contribution in [3.8, 4) is 0 Å². The minimum absolute atomic E-state index is 0.225. The number of H-pyrrole nitrogens is 1. The van der Waals surface area contributed by atoms with Gasteiger partial charge in [0.15, 0.2) is 12.0 Å². The smallest absolute Gasteiger partial charge is 0.330 e. The predicted octanol–water partition coefficient (Wildman–Crippen LogP) is 0.959. The summed E-state index contributed by atoms with van der Waals surface area (Å²) in [5.74, 6) is -0.661. The normalized spacial score (nSPS) is 35.7. The number of aryl methyl sites for hydroxylation is 1. The molecular weight excluding hydrogens is 340 g/mol. The van der Waals surface area contributed by atoms with Gasteiger partial charge in [-0.05, 0) is 26.2 Å². The van der Waals surface area contributed by atoms with Crippen LogP contribution in [0, 0.1) is 6.92 Å². The summed E-state index contributed by atoms with van der Waals surface area (Å²) < 4.78 is 20.2. The number of aromatic nitrogens is 2. The number of aliphatic hydroxyl groups is 1.